The molecular formula is C17H14F4N6O3. The number of hydrogen-bond acceptors (Lipinski definition) is 6. The van der Waals surface area contributed by atoms with Crippen LogP contribution >= 0.6 is 0 Å². The molecular weight excluding hydrogens is 412 g/mol. The fourth-order valence-corrected chi connectivity index (χ4v) is 2.57. The van der Waals surface area contributed by atoms with E-state index in [4.69, 9.17) is 10.3 Å². The first-order valence-electron chi connectivity index (χ1n) is 8.34. The maximum Gasteiger partial charge on any atom is 0.435 e. The molecule has 0 fully saturated rings. The Morgan fingerprint density at radius 2 is 2.03 bits per heavy atom. The molecule has 2 heterocycles. The minimum absolute atomic E-state index is 0.0203. The van der Waals surface area contributed by atoms with Crippen LogP contribution in [0.15, 0.2) is 34.9 Å². The van der Waals surface area contributed by atoms with Crippen molar-refractivity contribution in [1.29, 1.82) is 0 Å². The Balaban J connectivity index is 1.86. The zero-order valence-corrected chi connectivity index (χ0v) is 15.3. The van der Waals surface area contributed by atoms with E-state index >= 15 is 0 Å². The number of nitrogens with zero attached hydrogens (tertiary/aromatic N) is 4. The van der Waals surface area contributed by atoms with Crippen molar-refractivity contribution in [3.05, 3.63) is 53.4 Å². The highest BCUT2D eigenvalue weighted by atomic mass is 19.4. The summed E-state index contributed by atoms with van der Waals surface area (Å²) in [4.78, 5) is 27.9. The first-order chi connectivity index (χ1) is 14.0. The molecule has 3 N–H and O–H groups in total. The molecule has 2 aromatic heterocycles. The maximum atomic E-state index is 13.4. The van der Waals surface area contributed by atoms with Gasteiger partial charge in [-0.05, 0) is 12.1 Å². The number of aromatic nitrogens is 4. The van der Waals surface area contributed by atoms with Crippen LogP contribution < -0.4 is 11.1 Å². The van der Waals surface area contributed by atoms with Gasteiger partial charge in [0.25, 0.3) is 5.91 Å². The minimum Gasteiger partial charge on any atom is -0.370 e. The lowest BCUT2D eigenvalue weighted by molar-refractivity contribution is -0.141. The van der Waals surface area contributed by atoms with Crippen molar-refractivity contribution in [3.63, 3.8) is 0 Å². The highest BCUT2D eigenvalue weighted by Crippen LogP contribution is 2.28. The van der Waals surface area contributed by atoms with Crippen molar-refractivity contribution in [2.45, 2.75) is 18.6 Å². The molecule has 30 heavy (non-hydrogen) atoms. The van der Waals surface area contributed by atoms with E-state index in [-0.39, 0.29) is 17.3 Å². The molecule has 0 saturated heterocycles. The summed E-state index contributed by atoms with van der Waals surface area (Å²) in [5.74, 6) is -2.62. The number of halogens is 4. The molecule has 0 unspecified atom stereocenters. The topological polar surface area (TPSA) is 129 Å². The normalized spacial score (nSPS) is 12.6. The van der Waals surface area contributed by atoms with Crippen molar-refractivity contribution in [1.82, 2.24) is 25.2 Å². The number of amides is 2. The van der Waals surface area contributed by atoms with Crippen LogP contribution in [-0.4, -0.2) is 31.7 Å². The fraction of sp³-hybridized carbons (Fsp3) is 0.235. The number of nitrogens with one attached hydrogen (secondary N) is 1. The van der Waals surface area contributed by atoms with Gasteiger partial charge in [-0.3, -0.25) is 14.3 Å². The van der Waals surface area contributed by atoms with Crippen molar-refractivity contribution in [2.75, 3.05) is 0 Å². The van der Waals surface area contributed by atoms with Crippen LogP contribution in [0.25, 0.3) is 11.4 Å². The Morgan fingerprint density at radius 1 is 1.30 bits per heavy atom. The van der Waals surface area contributed by atoms with E-state index in [2.05, 4.69) is 20.6 Å². The summed E-state index contributed by atoms with van der Waals surface area (Å²) in [5.41, 5.74) is 3.78. The minimum atomic E-state index is -4.74. The van der Waals surface area contributed by atoms with Gasteiger partial charge in [-0.15, -0.1) is 0 Å². The van der Waals surface area contributed by atoms with Gasteiger partial charge in [0.1, 0.15) is 17.6 Å². The summed E-state index contributed by atoms with van der Waals surface area (Å²) >= 11 is 0. The number of nitrogens with two attached hydrogens (primary N) is 1. The average molecular weight is 426 g/mol. The fourth-order valence-electron chi connectivity index (χ4n) is 2.57. The van der Waals surface area contributed by atoms with Crippen LogP contribution in [0.2, 0.25) is 0 Å². The molecule has 0 aliphatic heterocycles. The molecule has 0 aliphatic rings. The Hall–Kier alpha value is -3.77. The highest BCUT2D eigenvalue weighted by molar-refractivity contribution is 5.93. The summed E-state index contributed by atoms with van der Waals surface area (Å²) < 4.78 is 57.6. The molecule has 9 nitrogen and oxygen atoms in total. The summed E-state index contributed by atoms with van der Waals surface area (Å²) in [6.45, 7) is 0. The SMILES string of the molecule is Cn1nc(C(F)(F)F)cc1C(=O)N[C@H](CC(N)=O)c1nc(-c2cccc(F)c2)no1. The van der Waals surface area contributed by atoms with Gasteiger partial charge in [-0.2, -0.15) is 23.3 Å². The lowest BCUT2D eigenvalue weighted by Crippen LogP contribution is -2.33. The first-order valence-corrected chi connectivity index (χ1v) is 8.34. The molecule has 0 radical (unpaired) electrons. The summed E-state index contributed by atoms with van der Waals surface area (Å²) in [6, 6.07) is 4.61. The number of benzene rings is 1. The van der Waals surface area contributed by atoms with Gasteiger partial charge in [0.2, 0.25) is 17.6 Å². The van der Waals surface area contributed by atoms with Gasteiger partial charge in [0, 0.05) is 18.7 Å². The van der Waals surface area contributed by atoms with Gasteiger partial charge in [0.05, 0.1) is 6.42 Å². The summed E-state index contributed by atoms with van der Waals surface area (Å²) in [7, 11) is 1.15. The maximum absolute atomic E-state index is 13.4. The monoisotopic (exact) mass is 426 g/mol. The van der Waals surface area contributed by atoms with Gasteiger partial charge in [0.15, 0.2) is 5.69 Å². The van der Waals surface area contributed by atoms with Crippen molar-refractivity contribution in [3.8, 4) is 11.4 Å². The number of alkyl halides is 3. The van der Waals surface area contributed by atoms with Gasteiger partial charge in [-0.1, -0.05) is 17.3 Å². The highest BCUT2D eigenvalue weighted by Gasteiger charge is 2.36. The number of carbonyl (C=O) groups is 2. The molecule has 158 valence electrons. The third kappa shape index (κ3) is 4.61. The standard InChI is InChI=1S/C17H14F4N6O3/c1-27-11(7-12(25-27)17(19,20)21)15(29)23-10(6-13(22)28)16-24-14(26-30-16)8-3-2-4-9(18)5-8/h2-5,7,10H,6H2,1H3,(H2,22,28)(H,23,29)/t10-/m1/s1. The molecule has 0 bridgehead atoms. The molecule has 2 amide bonds. The predicted octanol–water partition coefficient (Wildman–Crippen LogP) is 1.97. The second-order valence-corrected chi connectivity index (χ2v) is 6.20. The Bertz CT molecular complexity index is 1090. The third-order valence-electron chi connectivity index (χ3n) is 3.94. The second kappa shape index (κ2) is 7.93. The van der Waals surface area contributed by atoms with Crippen molar-refractivity contribution < 1.29 is 31.7 Å². The van der Waals surface area contributed by atoms with E-state index in [9.17, 15) is 27.2 Å². The number of primary amides is 1. The van der Waals surface area contributed by atoms with E-state index in [0.717, 1.165) is 17.8 Å². The number of rotatable bonds is 6. The average Bonchev–Trinajstić information content (AvgIpc) is 3.27. The predicted molar refractivity (Wildman–Crippen MR) is 91.9 cm³/mol. The van der Waals surface area contributed by atoms with Crippen molar-refractivity contribution >= 4 is 11.8 Å². The Kier molecular flexibility index (Phi) is 5.54. The second-order valence-electron chi connectivity index (χ2n) is 6.20. The third-order valence-corrected chi connectivity index (χ3v) is 3.94. The Labute approximate surface area is 165 Å². The van der Waals surface area contributed by atoms with Crippen LogP contribution in [0.3, 0.4) is 0 Å². The molecule has 0 aliphatic carbocycles. The molecule has 13 heteroatoms. The van der Waals surface area contributed by atoms with Gasteiger partial charge >= 0.3 is 6.18 Å². The van der Waals surface area contributed by atoms with Crippen LogP contribution in [0.1, 0.15) is 34.5 Å². The smallest absolute Gasteiger partial charge is 0.370 e. The van der Waals surface area contributed by atoms with E-state index in [1.807, 2.05) is 0 Å². The number of aryl methyl sites for hydroxylation is 1. The number of hydrogen-bond donors (Lipinski definition) is 2. The van der Waals surface area contributed by atoms with E-state index in [1.165, 1.54) is 18.2 Å². The van der Waals surface area contributed by atoms with E-state index in [0.29, 0.717) is 6.07 Å². The first kappa shape index (κ1) is 21.0. The van der Waals surface area contributed by atoms with Crippen LogP contribution in [0.4, 0.5) is 17.6 Å². The van der Waals surface area contributed by atoms with E-state index < -0.39 is 47.7 Å². The Morgan fingerprint density at radius 3 is 2.63 bits per heavy atom. The lowest BCUT2D eigenvalue weighted by Gasteiger charge is -2.13. The van der Waals surface area contributed by atoms with Crippen molar-refractivity contribution in [2.24, 2.45) is 12.8 Å². The summed E-state index contributed by atoms with van der Waals surface area (Å²) in [5, 5.41) is 9.24. The van der Waals surface area contributed by atoms with Gasteiger partial charge in [-0.25, -0.2) is 4.39 Å². The quantitative estimate of drug-likeness (QED) is 0.580. The van der Waals surface area contributed by atoms with Crippen LogP contribution in [-0.2, 0) is 18.0 Å². The van der Waals surface area contributed by atoms with Crippen LogP contribution in [0.5, 0.6) is 0 Å². The molecule has 3 aromatic rings. The summed E-state index contributed by atoms with van der Waals surface area (Å²) in [6.07, 6.45) is -5.21. The van der Waals surface area contributed by atoms with Crippen LogP contribution in [0, 0.1) is 5.82 Å². The lowest BCUT2D eigenvalue weighted by atomic mass is 10.1. The van der Waals surface area contributed by atoms with Gasteiger partial charge < -0.3 is 15.6 Å². The molecule has 1 atom stereocenters. The molecule has 1 aromatic carbocycles. The zero-order valence-electron chi connectivity index (χ0n) is 15.3. The number of carbonyl (C=O) groups excluding carboxylic acids is 2. The zero-order chi connectivity index (χ0) is 22.1. The largest absolute Gasteiger partial charge is 0.435 e. The molecule has 0 spiro atoms. The molecule has 0 saturated carbocycles. The van der Waals surface area contributed by atoms with E-state index in [1.54, 1.807) is 0 Å². The molecule has 3 rings (SSSR count).